The third-order valence-electron chi connectivity index (χ3n) is 6.65. The summed E-state index contributed by atoms with van der Waals surface area (Å²) in [6.45, 7) is 6.44. The van der Waals surface area contributed by atoms with E-state index in [9.17, 15) is 4.79 Å². The lowest BCUT2D eigenvalue weighted by Gasteiger charge is -2.36. The molecule has 2 aromatic rings. The van der Waals surface area contributed by atoms with Crippen LogP contribution < -0.4 is 0 Å². The highest BCUT2D eigenvalue weighted by Gasteiger charge is 2.28. The van der Waals surface area contributed by atoms with Gasteiger partial charge in [0.15, 0.2) is 5.78 Å². The van der Waals surface area contributed by atoms with Gasteiger partial charge in [-0.15, -0.1) is 11.3 Å². The lowest BCUT2D eigenvalue weighted by Crippen LogP contribution is -2.41. The van der Waals surface area contributed by atoms with Crippen LogP contribution in [-0.4, -0.2) is 44.8 Å². The van der Waals surface area contributed by atoms with Crippen LogP contribution in [0.5, 0.6) is 0 Å². The summed E-state index contributed by atoms with van der Waals surface area (Å²) in [5, 5.41) is 1.31. The Kier molecular flexibility index (Phi) is 7.26. The SMILES string of the molecule is CCCC(CCCC(=O)c1ccnc(C)n1)c1nc2c(s1)CCN(C1CCC1)CC2. The topological polar surface area (TPSA) is 59.0 Å². The van der Waals surface area contributed by atoms with Crippen molar-refractivity contribution in [2.45, 2.75) is 90.0 Å². The molecule has 1 atom stereocenters. The first-order chi connectivity index (χ1) is 14.6. The molecule has 0 amide bonds. The highest BCUT2D eigenvalue weighted by Crippen LogP contribution is 2.35. The minimum atomic E-state index is 0.127. The molecule has 5 nitrogen and oxygen atoms in total. The Morgan fingerprint density at radius 1 is 1.23 bits per heavy atom. The largest absolute Gasteiger partial charge is 0.300 e. The van der Waals surface area contributed by atoms with E-state index >= 15 is 0 Å². The van der Waals surface area contributed by atoms with E-state index in [-0.39, 0.29) is 5.78 Å². The minimum absolute atomic E-state index is 0.127. The molecular formula is C24H34N4OS. The van der Waals surface area contributed by atoms with Crippen molar-refractivity contribution in [3.63, 3.8) is 0 Å². The van der Waals surface area contributed by atoms with Crippen molar-refractivity contribution in [3.05, 3.63) is 39.4 Å². The summed E-state index contributed by atoms with van der Waals surface area (Å²) in [5.74, 6) is 1.27. The second kappa shape index (κ2) is 10.1. The molecule has 2 aromatic heterocycles. The summed E-state index contributed by atoms with van der Waals surface area (Å²) >= 11 is 1.95. The third-order valence-corrected chi connectivity index (χ3v) is 7.97. The number of carbonyl (C=O) groups is 1. The average Bonchev–Trinajstić information content (AvgIpc) is 3.01. The number of hydrogen-bond acceptors (Lipinski definition) is 6. The summed E-state index contributed by atoms with van der Waals surface area (Å²) in [6.07, 6.45) is 12.9. The van der Waals surface area contributed by atoms with E-state index in [1.54, 1.807) is 12.3 Å². The first-order valence-electron chi connectivity index (χ1n) is 11.7. The molecule has 0 bridgehead atoms. The van der Waals surface area contributed by atoms with Gasteiger partial charge in [0, 0.05) is 49.0 Å². The van der Waals surface area contributed by atoms with Crippen molar-refractivity contribution < 1.29 is 4.79 Å². The highest BCUT2D eigenvalue weighted by molar-refractivity contribution is 7.11. The number of aromatic nitrogens is 3. The second-order valence-electron chi connectivity index (χ2n) is 8.83. The zero-order chi connectivity index (χ0) is 20.9. The van der Waals surface area contributed by atoms with Gasteiger partial charge in [-0.3, -0.25) is 9.69 Å². The van der Waals surface area contributed by atoms with Gasteiger partial charge in [0.05, 0.1) is 10.7 Å². The number of hydrogen-bond donors (Lipinski definition) is 0. The third kappa shape index (κ3) is 5.14. The molecule has 4 rings (SSSR count). The standard InChI is InChI=1S/C24H34N4OS/c1-3-6-18(7-4-10-22(29)20-11-14-25-17(2)26-20)24-27-21-12-15-28(19-8-5-9-19)16-13-23(21)30-24/h11,14,18-19H,3-10,12-13,15-16H2,1-2H3. The van der Waals surface area contributed by atoms with Crippen molar-refractivity contribution in [1.29, 1.82) is 0 Å². The van der Waals surface area contributed by atoms with Crippen molar-refractivity contribution in [2.24, 2.45) is 0 Å². The van der Waals surface area contributed by atoms with Crippen LogP contribution in [0.4, 0.5) is 0 Å². The molecule has 30 heavy (non-hydrogen) atoms. The minimum Gasteiger partial charge on any atom is -0.300 e. The molecule has 0 aromatic carbocycles. The Balaban J connectivity index is 1.34. The van der Waals surface area contributed by atoms with Gasteiger partial charge < -0.3 is 0 Å². The molecule has 0 saturated heterocycles. The fraction of sp³-hybridized carbons (Fsp3) is 0.667. The molecule has 0 spiro atoms. The zero-order valence-electron chi connectivity index (χ0n) is 18.4. The molecule has 1 aliphatic heterocycles. The van der Waals surface area contributed by atoms with Gasteiger partial charge in [-0.2, -0.15) is 0 Å². The molecule has 3 heterocycles. The Bertz CT molecular complexity index is 835. The summed E-state index contributed by atoms with van der Waals surface area (Å²) in [7, 11) is 0. The van der Waals surface area contributed by atoms with Gasteiger partial charge in [0.25, 0.3) is 0 Å². The zero-order valence-corrected chi connectivity index (χ0v) is 19.2. The lowest BCUT2D eigenvalue weighted by atomic mass is 9.91. The van der Waals surface area contributed by atoms with Gasteiger partial charge in [0.2, 0.25) is 0 Å². The molecule has 1 fully saturated rings. The maximum atomic E-state index is 12.5. The normalized spacial score (nSPS) is 18.5. The van der Waals surface area contributed by atoms with Crippen LogP contribution in [0.2, 0.25) is 0 Å². The number of thiazole rings is 1. The van der Waals surface area contributed by atoms with Crippen molar-refractivity contribution >= 4 is 17.1 Å². The van der Waals surface area contributed by atoms with E-state index in [4.69, 9.17) is 4.98 Å². The van der Waals surface area contributed by atoms with Gasteiger partial charge in [-0.05, 0) is 51.5 Å². The van der Waals surface area contributed by atoms with Crippen LogP contribution in [0.15, 0.2) is 12.3 Å². The van der Waals surface area contributed by atoms with Gasteiger partial charge in [-0.1, -0.05) is 19.8 Å². The number of rotatable bonds is 9. The number of Topliss-reactive ketones (excluding diaryl/α,β-unsaturated/α-hetero) is 1. The second-order valence-corrected chi connectivity index (χ2v) is 9.95. The Morgan fingerprint density at radius 2 is 2.07 bits per heavy atom. The van der Waals surface area contributed by atoms with E-state index in [2.05, 4.69) is 21.8 Å². The Morgan fingerprint density at radius 3 is 2.80 bits per heavy atom. The van der Waals surface area contributed by atoms with Crippen LogP contribution in [0.3, 0.4) is 0 Å². The van der Waals surface area contributed by atoms with Gasteiger partial charge >= 0.3 is 0 Å². The number of nitrogens with zero attached hydrogens (tertiary/aromatic N) is 4. The van der Waals surface area contributed by atoms with Crippen LogP contribution in [0, 0.1) is 6.92 Å². The predicted molar refractivity (Wildman–Crippen MR) is 121 cm³/mol. The smallest absolute Gasteiger partial charge is 0.181 e. The Labute approximate surface area is 184 Å². The molecule has 1 saturated carbocycles. The number of fused-ring (bicyclic) bond motifs is 1. The maximum absolute atomic E-state index is 12.5. The van der Waals surface area contributed by atoms with E-state index in [0.29, 0.717) is 23.9 Å². The van der Waals surface area contributed by atoms with Crippen LogP contribution in [0.25, 0.3) is 0 Å². The first kappa shape index (κ1) is 21.6. The summed E-state index contributed by atoms with van der Waals surface area (Å²) in [4.78, 5) is 30.2. The molecule has 162 valence electrons. The van der Waals surface area contributed by atoms with E-state index in [1.807, 2.05) is 18.3 Å². The predicted octanol–water partition coefficient (Wildman–Crippen LogP) is 5.13. The summed E-state index contributed by atoms with van der Waals surface area (Å²) < 4.78 is 0. The monoisotopic (exact) mass is 426 g/mol. The quantitative estimate of drug-likeness (QED) is 0.520. The van der Waals surface area contributed by atoms with Crippen molar-refractivity contribution in [3.8, 4) is 0 Å². The number of carbonyl (C=O) groups excluding carboxylic acids is 1. The van der Waals surface area contributed by atoms with E-state index in [0.717, 1.165) is 44.6 Å². The molecule has 0 N–H and O–H groups in total. The molecule has 2 aliphatic rings. The maximum Gasteiger partial charge on any atom is 0.181 e. The van der Waals surface area contributed by atoms with Gasteiger partial charge in [-0.25, -0.2) is 15.0 Å². The van der Waals surface area contributed by atoms with Crippen LogP contribution >= 0.6 is 11.3 Å². The van der Waals surface area contributed by atoms with Crippen LogP contribution in [0.1, 0.15) is 96.1 Å². The number of ketones is 1. The molecule has 1 aliphatic carbocycles. The highest BCUT2D eigenvalue weighted by atomic mass is 32.1. The molecule has 0 radical (unpaired) electrons. The van der Waals surface area contributed by atoms with E-state index < -0.39 is 0 Å². The van der Waals surface area contributed by atoms with Crippen LogP contribution in [-0.2, 0) is 12.8 Å². The molecular weight excluding hydrogens is 392 g/mol. The average molecular weight is 427 g/mol. The summed E-state index contributed by atoms with van der Waals surface area (Å²) in [6, 6.07) is 2.56. The lowest BCUT2D eigenvalue weighted by molar-refractivity contribution is 0.0973. The fourth-order valence-corrected chi connectivity index (χ4v) is 5.95. The van der Waals surface area contributed by atoms with E-state index in [1.165, 1.54) is 47.9 Å². The Hall–Kier alpha value is -1.66. The fourth-order valence-electron chi connectivity index (χ4n) is 4.68. The first-order valence-corrected chi connectivity index (χ1v) is 12.5. The molecule has 1 unspecified atom stereocenters. The summed E-state index contributed by atoms with van der Waals surface area (Å²) in [5.41, 5.74) is 1.90. The van der Waals surface area contributed by atoms with Gasteiger partial charge in [0.1, 0.15) is 11.5 Å². The van der Waals surface area contributed by atoms with Crippen molar-refractivity contribution in [1.82, 2.24) is 19.9 Å². The number of aryl methyl sites for hydroxylation is 1. The molecule has 6 heteroatoms. The van der Waals surface area contributed by atoms with Crippen molar-refractivity contribution in [2.75, 3.05) is 13.1 Å².